The summed E-state index contributed by atoms with van der Waals surface area (Å²) in [6.45, 7) is 2.38. The average Bonchev–Trinajstić information content (AvgIpc) is 2.61. The lowest BCUT2D eigenvalue weighted by molar-refractivity contribution is -0.132. The molecule has 0 aromatic heterocycles. The number of amides is 3. The lowest BCUT2D eigenvalue weighted by atomic mass is 10.1. The molecule has 5 heteroatoms. The molecule has 1 N–H and O–H groups in total. The van der Waals surface area contributed by atoms with E-state index < -0.39 is 6.04 Å². The van der Waals surface area contributed by atoms with Crippen LogP contribution in [0, 0.1) is 6.92 Å². The van der Waals surface area contributed by atoms with E-state index in [1.807, 2.05) is 25.1 Å². The molecule has 1 aromatic carbocycles. The fourth-order valence-electron chi connectivity index (χ4n) is 2.86. The Balaban J connectivity index is 1.88. The normalized spacial score (nSPS) is 22.6. The van der Waals surface area contributed by atoms with E-state index in [9.17, 15) is 14.4 Å². The molecule has 20 heavy (non-hydrogen) atoms. The Bertz CT molecular complexity index is 609. The Morgan fingerprint density at radius 3 is 2.85 bits per heavy atom. The highest BCUT2D eigenvalue weighted by atomic mass is 16.2. The molecule has 0 radical (unpaired) electrons. The van der Waals surface area contributed by atoms with Crippen LogP contribution in [0.15, 0.2) is 18.2 Å². The summed E-state index contributed by atoms with van der Waals surface area (Å²) in [6, 6.07) is 5.22. The average molecular weight is 272 g/mol. The predicted octanol–water partition coefficient (Wildman–Crippen LogP) is 1.15. The molecule has 104 valence electrons. The fourth-order valence-corrected chi connectivity index (χ4v) is 2.86. The summed E-state index contributed by atoms with van der Waals surface area (Å²) in [5.41, 5.74) is 2.65. The minimum atomic E-state index is -0.540. The van der Waals surface area contributed by atoms with Gasteiger partial charge in [-0.05, 0) is 31.4 Å². The van der Waals surface area contributed by atoms with Crippen LogP contribution in [0.1, 0.15) is 40.7 Å². The molecule has 1 unspecified atom stereocenters. The third kappa shape index (κ3) is 2.09. The van der Waals surface area contributed by atoms with Gasteiger partial charge in [-0.25, -0.2) is 0 Å². The molecule has 0 bridgehead atoms. The van der Waals surface area contributed by atoms with Crippen molar-refractivity contribution < 1.29 is 14.4 Å². The number of hydrogen-bond donors (Lipinski definition) is 1. The zero-order valence-electron chi connectivity index (χ0n) is 11.3. The van der Waals surface area contributed by atoms with E-state index in [0.717, 1.165) is 11.1 Å². The van der Waals surface area contributed by atoms with E-state index in [2.05, 4.69) is 5.32 Å². The molecule has 2 aliphatic heterocycles. The summed E-state index contributed by atoms with van der Waals surface area (Å²) in [6.07, 6.45) is 1.51. The van der Waals surface area contributed by atoms with Crippen molar-refractivity contribution in [1.82, 2.24) is 10.2 Å². The first-order chi connectivity index (χ1) is 9.56. The van der Waals surface area contributed by atoms with Crippen molar-refractivity contribution in [3.05, 3.63) is 34.9 Å². The van der Waals surface area contributed by atoms with Crippen LogP contribution in [0.2, 0.25) is 0 Å². The van der Waals surface area contributed by atoms with Crippen molar-refractivity contribution >= 4 is 17.7 Å². The highest BCUT2D eigenvalue weighted by Crippen LogP contribution is 2.27. The molecule has 0 aliphatic carbocycles. The number of benzene rings is 1. The van der Waals surface area contributed by atoms with Gasteiger partial charge in [-0.3, -0.25) is 19.7 Å². The Kier molecular flexibility index (Phi) is 3.04. The van der Waals surface area contributed by atoms with E-state index in [-0.39, 0.29) is 17.7 Å². The van der Waals surface area contributed by atoms with Crippen LogP contribution in [0.4, 0.5) is 0 Å². The third-order valence-corrected chi connectivity index (χ3v) is 3.92. The van der Waals surface area contributed by atoms with Gasteiger partial charge in [-0.15, -0.1) is 0 Å². The second-order valence-electron chi connectivity index (χ2n) is 5.41. The number of carbonyl (C=O) groups is 3. The number of rotatable bonds is 1. The maximum atomic E-state index is 12.4. The van der Waals surface area contributed by atoms with Gasteiger partial charge in [-0.1, -0.05) is 17.7 Å². The van der Waals surface area contributed by atoms with E-state index >= 15 is 0 Å². The van der Waals surface area contributed by atoms with Gasteiger partial charge in [0.15, 0.2) is 0 Å². The second kappa shape index (κ2) is 4.74. The maximum absolute atomic E-state index is 12.4. The molecule has 2 aliphatic rings. The number of fused-ring (bicyclic) bond motifs is 1. The SMILES string of the molecule is Cc1ccc2c(c1)C(=O)N(C1CCCC(=O)NC1=O)C2. The van der Waals surface area contributed by atoms with E-state index in [1.165, 1.54) is 0 Å². The summed E-state index contributed by atoms with van der Waals surface area (Å²) < 4.78 is 0. The van der Waals surface area contributed by atoms with Crippen LogP contribution in [-0.2, 0) is 16.1 Å². The standard InChI is InChI=1S/C15H16N2O3/c1-9-5-6-10-8-17(15(20)11(10)7-9)12-3-2-4-13(18)16-14(12)19/h5-7,12H,2-4,8H2,1H3,(H,16,18,19). The Morgan fingerprint density at radius 2 is 2.05 bits per heavy atom. The van der Waals surface area contributed by atoms with Gasteiger partial charge >= 0.3 is 0 Å². The van der Waals surface area contributed by atoms with E-state index in [0.29, 0.717) is 31.4 Å². The molecule has 2 heterocycles. The summed E-state index contributed by atoms with van der Waals surface area (Å²) in [7, 11) is 0. The molecule has 3 amide bonds. The van der Waals surface area contributed by atoms with Crippen LogP contribution in [0.3, 0.4) is 0 Å². The number of nitrogens with zero attached hydrogens (tertiary/aromatic N) is 1. The molecule has 1 fully saturated rings. The monoisotopic (exact) mass is 272 g/mol. The summed E-state index contributed by atoms with van der Waals surface area (Å²) in [5.74, 6) is -0.721. The zero-order valence-corrected chi connectivity index (χ0v) is 11.3. The Morgan fingerprint density at radius 1 is 1.25 bits per heavy atom. The van der Waals surface area contributed by atoms with Crippen molar-refractivity contribution in [2.75, 3.05) is 0 Å². The largest absolute Gasteiger partial charge is 0.322 e. The minimum Gasteiger partial charge on any atom is -0.322 e. The van der Waals surface area contributed by atoms with Gasteiger partial charge in [-0.2, -0.15) is 0 Å². The predicted molar refractivity (Wildman–Crippen MR) is 71.8 cm³/mol. The van der Waals surface area contributed by atoms with Crippen molar-refractivity contribution in [1.29, 1.82) is 0 Å². The van der Waals surface area contributed by atoms with Gasteiger partial charge in [0.1, 0.15) is 6.04 Å². The van der Waals surface area contributed by atoms with Gasteiger partial charge in [0.25, 0.3) is 5.91 Å². The highest BCUT2D eigenvalue weighted by molar-refractivity contribution is 6.04. The van der Waals surface area contributed by atoms with Gasteiger partial charge < -0.3 is 4.90 Å². The number of nitrogens with one attached hydrogen (secondary N) is 1. The number of hydrogen-bond acceptors (Lipinski definition) is 3. The molecule has 1 saturated heterocycles. The zero-order chi connectivity index (χ0) is 14.3. The molecular formula is C15H16N2O3. The number of aryl methyl sites for hydroxylation is 1. The first kappa shape index (κ1) is 12.8. The Hall–Kier alpha value is -2.17. The summed E-state index contributed by atoms with van der Waals surface area (Å²) in [4.78, 5) is 37.4. The molecular weight excluding hydrogens is 256 g/mol. The van der Waals surface area contributed by atoms with Crippen molar-refractivity contribution in [2.24, 2.45) is 0 Å². The van der Waals surface area contributed by atoms with Crippen molar-refractivity contribution in [3.63, 3.8) is 0 Å². The number of imide groups is 1. The van der Waals surface area contributed by atoms with Crippen LogP contribution in [0.5, 0.6) is 0 Å². The van der Waals surface area contributed by atoms with E-state index in [4.69, 9.17) is 0 Å². The Labute approximate surface area is 116 Å². The smallest absolute Gasteiger partial charge is 0.255 e. The first-order valence-electron chi connectivity index (χ1n) is 6.80. The van der Waals surface area contributed by atoms with Gasteiger partial charge in [0.05, 0.1) is 0 Å². The van der Waals surface area contributed by atoms with Gasteiger partial charge in [0.2, 0.25) is 11.8 Å². The summed E-state index contributed by atoms with van der Waals surface area (Å²) >= 11 is 0. The highest BCUT2D eigenvalue weighted by Gasteiger charge is 2.37. The molecule has 0 spiro atoms. The van der Waals surface area contributed by atoms with Crippen LogP contribution >= 0.6 is 0 Å². The fraction of sp³-hybridized carbons (Fsp3) is 0.400. The minimum absolute atomic E-state index is 0.113. The van der Waals surface area contributed by atoms with E-state index in [1.54, 1.807) is 4.90 Å². The summed E-state index contributed by atoms with van der Waals surface area (Å²) in [5, 5.41) is 2.36. The van der Waals surface area contributed by atoms with Crippen LogP contribution < -0.4 is 5.32 Å². The lowest BCUT2D eigenvalue weighted by Crippen LogP contribution is -2.46. The second-order valence-corrected chi connectivity index (χ2v) is 5.41. The molecule has 5 nitrogen and oxygen atoms in total. The van der Waals surface area contributed by atoms with Crippen LogP contribution in [-0.4, -0.2) is 28.7 Å². The first-order valence-corrected chi connectivity index (χ1v) is 6.80. The van der Waals surface area contributed by atoms with Gasteiger partial charge in [0, 0.05) is 18.5 Å². The quantitative estimate of drug-likeness (QED) is 0.780. The third-order valence-electron chi connectivity index (χ3n) is 3.92. The number of carbonyl (C=O) groups excluding carboxylic acids is 3. The molecule has 1 atom stereocenters. The molecule has 0 saturated carbocycles. The van der Waals surface area contributed by atoms with Crippen LogP contribution in [0.25, 0.3) is 0 Å². The van der Waals surface area contributed by atoms with Crippen molar-refractivity contribution in [3.8, 4) is 0 Å². The lowest BCUT2D eigenvalue weighted by Gasteiger charge is -2.24. The maximum Gasteiger partial charge on any atom is 0.255 e. The topological polar surface area (TPSA) is 66.5 Å². The van der Waals surface area contributed by atoms with Crippen molar-refractivity contribution in [2.45, 2.75) is 38.8 Å². The molecule has 3 rings (SSSR count). The molecule has 1 aromatic rings.